The second kappa shape index (κ2) is 7.08. The van der Waals surface area contributed by atoms with Crippen molar-refractivity contribution in [3.05, 3.63) is 0 Å². The van der Waals surface area contributed by atoms with Crippen LogP contribution in [-0.4, -0.2) is 30.1 Å². The van der Waals surface area contributed by atoms with E-state index in [1.54, 1.807) is 0 Å². The first-order valence-corrected chi connectivity index (χ1v) is 8.63. The fraction of sp³-hybridized carbons (Fsp3) is 1.00. The Hall–Kier alpha value is -0.0800. The van der Waals surface area contributed by atoms with Crippen LogP contribution in [0.25, 0.3) is 0 Å². The predicted molar refractivity (Wildman–Crippen MR) is 83.1 cm³/mol. The van der Waals surface area contributed by atoms with Crippen molar-refractivity contribution < 1.29 is 0 Å². The van der Waals surface area contributed by atoms with Crippen LogP contribution in [0.4, 0.5) is 0 Å². The first kappa shape index (κ1) is 15.3. The zero-order chi connectivity index (χ0) is 13.8. The van der Waals surface area contributed by atoms with Gasteiger partial charge < -0.3 is 5.73 Å². The summed E-state index contributed by atoms with van der Waals surface area (Å²) < 4.78 is 0. The van der Waals surface area contributed by atoms with Crippen molar-refractivity contribution in [1.82, 2.24) is 4.90 Å². The highest BCUT2D eigenvalue weighted by Crippen LogP contribution is 2.37. The lowest BCUT2D eigenvalue weighted by Crippen LogP contribution is -2.48. The Labute approximate surface area is 120 Å². The highest BCUT2D eigenvalue weighted by molar-refractivity contribution is 4.91. The minimum Gasteiger partial charge on any atom is -0.330 e. The zero-order valence-electron chi connectivity index (χ0n) is 13.3. The zero-order valence-corrected chi connectivity index (χ0v) is 13.3. The molecule has 0 spiro atoms. The highest BCUT2D eigenvalue weighted by atomic mass is 15.2. The summed E-state index contributed by atoms with van der Waals surface area (Å²) in [5.74, 6) is 2.57. The summed E-state index contributed by atoms with van der Waals surface area (Å²) in [7, 11) is 0. The smallest absolute Gasteiger partial charge is 0.0138 e. The third kappa shape index (κ3) is 3.52. The summed E-state index contributed by atoms with van der Waals surface area (Å²) in [6, 6.07) is 1.62. The van der Waals surface area contributed by atoms with E-state index in [0.717, 1.165) is 36.4 Å². The molecular formula is C17H34N2. The number of rotatable bonds is 5. The molecule has 2 N–H and O–H groups in total. The molecule has 2 saturated carbocycles. The summed E-state index contributed by atoms with van der Waals surface area (Å²) in [5, 5.41) is 0. The number of nitrogens with zero attached hydrogens (tertiary/aromatic N) is 1. The average molecular weight is 266 g/mol. The molecule has 112 valence electrons. The highest BCUT2D eigenvalue weighted by Gasteiger charge is 2.36. The molecule has 2 aliphatic carbocycles. The van der Waals surface area contributed by atoms with Gasteiger partial charge >= 0.3 is 0 Å². The lowest BCUT2D eigenvalue weighted by atomic mass is 9.78. The summed E-state index contributed by atoms with van der Waals surface area (Å²) in [6.45, 7) is 9.27. The maximum Gasteiger partial charge on any atom is 0.0138 e. The number of hydrogen-bond acceptors (Lipinski definition) is 2. The minimum atomic E-state index is 0.763. The van der Waals surface area contributed by atoms with Crippen LogP contribution in [0, 0.1) is 17.8 Å². The van der Waals surface area contributed by atoms with Gasteiger partial charge in [0.25, 0.3) is 0 Å². The van der Waals surface area contributed by atoms with E-state index in [0.29, 0.717) is 0 Å². The van der Waals surface area contributed by atoms with Gasteiger partial charge in [-0.2, -0.15) is 0 Å². The first-order valence-electron chi connectivity index (χ1n) is 8.63. The van der Waals surface area contributed by atoms with Crippen molar-refractivity contribution in [3.63, 3.8) is 0 Å². The van der Waals surface area contributed by atoms with Crippen molar-refractivity contribution in [2.75, 3.05) is 13.1 Å². The average Bonchev–Trinajstić information content (AvgIpc) is 2.88. The first-order chi connectivity index (χ1) is 9.17. The monoisotopic (exact) mass is 266 g/mol. The van der Waals surface area contributed by atoms with E-state index in [1.807, 2.05) is 0 Å². The van der Waals surface area contributed by atoms with Crippen molar-refractivity contribution in [2.45, 2.75) is 77.8 Å². The Balaban J connectivity index is 2.00. The predicted octanol–water partition coefficient (Wildman–Crippen LogP) is 3.65. The molecule has 2 fully saturated rings. The fourth-order valence-electron chi connectivity index (χ4n) is 4.60. The maximum absolute atomic E-state index is 6.00. The molecule has 0 aliphatic heterocycles. The van der Waals surface area contributed by atoms with Crippen LogP contribution in [-0.2, 0) is 0 Å². The van der Waals surface area contributed by atoms with E-state index < -0.39 is 0 Å². The third-order valence-electron chi connectivity index (χ3n) is 5.81. The van der Waals surface area contributed by atoms with E-state index in [2.05, 4.69) is 25.7 Å². The normalized spacial score (nSPS) is 36.3. The number of hydrogen-bond donors (Lipinski definition) is 1. The molecule has 0 aromatic rings. The van der Waals surface area contributed by atoms with E-state index >= 15 is 0 Å². The van der Waals surface area contributed by atoms with Gasteiger partial charge in [-0.25, -0.2) is 0 Å². The van der Waals surface area contributed by atoms with Crippen LogP contribution in [0.2, 0.25) is 0 Å². The minimum absolute atomic E-state index is 0.763. The fourth-order valence-corrected chi connectivity index (χ4v) is 4.60. The van der Waals surface area contributed by atoms with E-state index in [1.165, 1.54) is 51.5 Å². The molecule has 2 aliphatic rings. The van der Waals surface area contributed by atoms with Gasteiger partial charge in [0.1, 0.15) is 0 Å². The molecule has 0 amide bonds. The van der Waals surface area contributed by atoms with Crippen LogP contribution in [0.15, 0.2) is 0 Å². The second-order valence-electron chi connectivity index (χ2n) is 7.15. The molecule has 0 radical (unpaired) electrons. The molecule has 0 aromatic heterocycles. The van der Waals surface area contributed by atoms with Gasteiger partial charge in [-0.15, -0.1) is 0 Å². The van der Waals surface area contributed by atoms with Gasteiger partial charge in [-0.05, 0) is 56.5 Å². The molecule has 4 unspecified atom stereocenters. The third-order valence-corrected chi connectivity index (χ3v) is 5.81. The van der Waals surface area contributed by atoms with Crippen molar-refractivity contribution in [2.24, 2.45) is 23.5 Å². The standard InChI is InChI=1S/C17H34N2/c1-4-19(17-10-6-8-15(17)12-18)16-9-5-7-14(11-16)13(2)3/h13-17H,4-12,18H2,1-3H3. The van der Waals surface area contributed by atoms with Gasteiger partial charge in [0.2, 0.25) is 0 Å². The largest absolute Gasteiger partial charge is 0.330 e. The topological polar surface area (TPSA) is 29.3 Å². The Bertz CT molecular complexity index is 264. The molecule has 0 bridgehead atoms. The molecule has 2 nitrogen and oxygen atoms in total. The van der Waals surface area contributed by atoms with E-state index in [4.69, 9.17) is 5.73 Å². The summed E-state index contributed by atoms with van der Waals surface area (Å²) in [4.78, 5) is 2.83. The Morgan fingerprint density at radius 2 is 1.84 bits per heavy atom. The SMILES string of the molecule is CCN(C1CCCC(C(C)C)C1)C1CCCC1CN. The van der Waals surface area contributed by atoms with Gasteiger partial charge in [0.05, 0.1) is 0 Å². The van der Waals surface area contributed by atoms with Gasteiger partial charge in [-0.1, -0.05) is 40.0 Å². The molecule has 0 aromatic carbocycles. The van der Waals surface area contributed by atoms with Gasteiger partial charge in [0, 0.05) is 12.1 Å². The van der Waals surface area contributed by atoms with Crippen molar-refractivity contribution in [1.29, 1.82) is 0 Å². The molecule has 4 atom stereocenters. The quantitative estimate of drug-likeness (QED) is 0.823. The molecular weight excluding hydrogens is 232 g/mol. The molecule has 0 saturated heterocycles. The molecule has 2 heteroatoms. The van der Waals surface area contributed by atoms with Crippen LogP contribution >= 0.6 is 0 Å². The molecule has 0 heterocycles. The van der Waals surface area contributed by atoms with Crippen LogP contribution in [0.3, 0.4) is 0 Å². The lowest BCUT2D eigenvalue weighted by molar-refractivity contribution is 0.0643. The summed E-state index contributed by atoms with van der Waals surface area (Å²) in [5.41, 5.74) is 6.00. The van der Waals surface area contributed by atoms with Crippen molar-refractivity contribution >= 4 is 0 Å². The van der Waals surface area contributed by atoms with Crippen LogP contribution in [0.1, 0.15) is 65.7 Å². The maximum atomic E-state index is 6.00. The second-order valence-corrected chi connectivity index (χ2v) is 7.15. The molecule has 2 rings (SSSR count). The van der Waals surface area contributed by atoms with Crippen LogP contribution < -0.4 is 5.73 Å². The Morgan fingerprint density at radius 3 is 2.47 bits per heavy atom. The number of nitrogens with two attached hydrogens (primary N) is 1. The lowest BCUT2D eigenvalue weighted by Gasteiger charge is -2.43. The van der Waals surface area contributed by atoms with Crippen LogP contribution in [0.5, 0.6) is 0 Å². The van der Waals surface area contributed by atoms with E-state index in [9.17, 15) is 0 Å². The molecule has 19 heavy (non-hydrogen) atoms. The van der Waals surface area contributed by atoms with Crippen molar-refractivity contribution in [3.8, 4) is 0 Å². The summed E-state index contributed by atoms with van der Waals surface area (Å²) >= 11 is 0. The Morgan fingerprint density at radius 1 is 1.11 bits per heavy atom. The van der Waals surface area contributed by atoms with Gasteiger partial charge in [-0.3, -0.25) is 4.90 Å². The summed E-state index contributed by atoms with van der Waals surface area (Å²) in [6.07, 6.45) is 9.88. The van der Waals surface area contributed by atoms with Gasteiger partial charge in [0.15, 0.2) is 0 Å². The Kier molecular flexibility index (Phi) is 5.70. The van der Waals surface area contributed by atoms with E-state index in [-0.39, 0.29) is 0 Å².